The fourth-order valence-corrected chi connectivity index (χ4v) is 5.79. The third-order valence-corrected chi connectivity index (χ3v) is 7.64. The molecule has 10 heteroatoms. The van der Waals surface area contributed by atoms with Crippen LogP contribution in [0.5, 0.6) is 0 Å². The standard InChI is InChI=1S/C27H23F6NO3.H2/c28-26(29,30)20-3-1-2-14-6-9-19(25(37)24(14)20)23(36)10-15-4-7-17(11-21(15)27(31,32)33)34-13-16-5-8-18(34)12-22(16)35;/h1-4,7,9,11,16,18,22,35H,5-6,8,10,12-13H2;1H/t16?,18?,22-;/m0./s1. The first-order valence-corrected chi connectivity index (χ1v) is 12.0. The van der Waals surface area contributed by atoms with E-state index in [1.807, 2.05) is 4.90 Å². The molecule has 0 amide bonds. The van der Waals surface area contributed by atoms with Crippen LogP contribution in [-0.4, -0.2) is 35.4 Å². The van der Waals surface area contributed by atoms with Crippen molar-refractivity contribution in [1.82, 2.24) is 0 Å². The van der Waals surface area contributed by atoms with Crippen LogP contribution in [0.2, 0.25) is 0 Å². The number of alkyl halides is 6. The van der Waals surface area contributed by atoms with Crippen LogP contribution in [0.15, 0.2) is 48.0 Å². The average molecular weight is 525 g/mol. The number of aliphatic hydroxyl groups excluding tert-OH is 1. The van der Waals surface area contributed by atoms with Crippen molar-refractivity contribution in [2.45, 2.75) is 56.6 Å². The quantitative estimate of drug-likeness (QED) is 0.405. The number of piperidine rings is 2. The third kappa shape index (κ3) is 4.67. The molecule has 3 atom stereocenters. The van der Waals surface area contributed by atoms with E-state index >= 15 is 0 Å². The number of fused-ring (bicyclic) bond motifs is 4. The van der Waals surface area contributed by atoms with Crippen LogP contribution in [0.25, 0.3) is 0 Å². The zero-order valence-electron chi connectivity index (χ0n) is 19.5. The Morgan fingerprint density at radius 3 is 2.38 bits per heavy atom. The number of carbonyl (C=O) groups excluding carboxylic acids is 2. The van der Waals surface area contributed by atoms with Crippen LogP contribution in [0.3, 0.4) is 0 Å². The van der Waals surface area contributed by atoms with E-state index in [2.05, 4.69) is 0 Å². The number of hydrogen-bond donors (Lipinski definition) is 1. The number of nitrogens with zero attached hydrogens (tertiary/aromatic N) is 1. The number of hydrogen-bond acceptors (Lipinski definition) is 4. The fraction of sp³-hybridized carbons (Fsp3) is 0.407. The summed E-state index contributed by atoms with van der Waals surface area (Å²) >= 11 is 0. The van der Waals surface area contributed by atoms with E-state index in [1.54, 1.807) is 0 Å². The molecule has 6 rings (SSSR count). The smallest absolute Gasteiger partial charge is 0.393 e. The van der Waals surface area contributed by atoms with Gasteiger partial charge in [-0.15, -0.1) is 0 Å². The van der Waals surface area contributed by atoms with Gasteiger partial charge < -0.3 is 10.0 Å². The minimum Gasteiger partial charge on any atom is -0.393 e. The normalized spacial score (nSPS) is 23.6. The number of aliphatic hydroxyl groups is 1. The van der Waals surface area contributed by atoms with Crippen molar-refractivity contribution < 1.29 is 42.5 Å². The molecule has 2 aromatic rings. The summed E-state index contributed by atoms with van der Waals surface area (Å²) in [6.07, 6.45) is -7.74. The molecule has 0 radical (unpaired) electrons. The molecule has 2 unspecified atom stereocenters. The number of carbonyl (C=O) groups is 2. The second kappa shape index (κ2) is 9.01. The first kappa shape index (κ1) is 25.5. The second-order valence-electron chi connectivity index (χ2n) is 9.87. The topological polar surface area (TPSA) is 57.6 Å². The molecule has 2 aliphatic heterocycles. The molecular formula is C27H25F6NO3. The van der Waals surface area contributed by atoms with E-state index in [4.69, 9.17) is 0 Å². The monoisotopic (exact) mass is 525 g/mol. The van der Waals surface area contributed by atoms with Gasteiger partial charge in [0.25, 0.3) is 0 Å². The Labute approximate surface area is 210 Å². The SMILES string of the molecule is O=C(Cc1ccc(N2CC3CCC2C[C@@H]3O)cc1C(F)(F)F)C1=CCc2cccc(C(F)(F)F)c2C1=O.[HH]. The third-order valence-electron chi connectivity index (χ3n) is 7.64. The number of ketones is 2. The van der Waals surface area contributed by atoms with E-state index in [0.29, 0.717) is 18.7 Å². The van der Waals surface area contributed by atoms with Gasteiger partial charge in [-0.25, -0.2) is 0 Å². The number of rotatable bonds is 4. The Kier molecular flexibility index (Phi) is 6.21. The van der Waals surface area contributed by atoms with Gasteiger partial charge in [-0.2, -0.15) is 26.3 Å². The average Bonchev–Trinajstić information content (AvgIpc) is 2.83. The highest BCUT2D eigenvalue weighted by Crippen LogP contribution is 2.41. The van der Waals surface area contributed by atoms with E-state index in [9.17, 15) is 41.0 Å². The van der Waals surface area contributed by atoms with Gasteiger partial charge in [-0.1, -0.05) is 24.3 Å². The van der Waals surface area contributed by atoms with Crippen LogP contribution in [-0.2, 0) is 30.0 Å². The summed E-state index contributed by atoms with van der Waals surface area (Å²) < 4.78 is 82.5. The number of Topliss-reactive ketones (excluding diaryl/α,β-unsaturated/α-hetero) is 2. The zero-order valence-corrected chi connectivity index (χ0v) is 19.5. The van der Waals surface area contributed by atoms with Gasteiger partial charge in [0, 0.05) is 37.6 Å². The molecule has 1 N–H and O–H groups in total. The minimum atomic E-state index is -4.82. The van der Waals surface area contributed by atoms with Crippen LogP contribution < -0.4 is 4.90 Å². The van der Waals surface area contributed by atoms with Crippen LogP contribution in [0, 0.1) is 5.92 Å². The molecule has 2 aromatic carbocycles. The van der Waals surface area contributed by atoms with Crippen LogP contribution >= 0.6 is 0 Å². The zero-order chi connectivity index (χ0) is 26.7. The number of halogens is 6. The number of allylic oxidation sites excluding steroid dienone is 2. The van der Waals surface area contributed by atoms with E-state index in [1.165, 1.54) is 30.3 Å². The predicted octanol–water partition coefficient (Wildman–Crippen LogP) is 5.80. The molecule has 4 nitrogen and oxygen atoms in total. The highest BCUT2D eigenvalue weighted by atomic mass is 19.4. The van der Waals surface area contributed by atoms with Crippen molar-refractivity contribution in [3.63, 3.8) is 0 Å². The first-order chi connectivity index (χ1) is 17.3. The van der Waals surface area contributed by atoms with Crippen LogP contribution in [0.4, 0.5) is 32.0 Å². The molecule has 198 valence electrons. The molecule has 3 fully saturated rings. The van der Waals surface area contributed by atoms with Gasteiger partial charge in [0.2, 0.25) is 0 Å². The Hall–Kier alpha value is -3.14. The highest BCUT2D eigenvalue weighted by Gasteiger charge is 2.42. The number of benzene rings is 2. The number of anilines is 1. The summed E-state index contributed by atoms with van der Waals surface area (Å²) in [5.41, 5.74) is -3.28. The predicted molar refractivity (Wildman–Crippen MR) is 124 cm³/mol. The largest absolute Gasteiger partial charge is 0.417 e. The molecule has 2 bridgehead atoms. The summed E-state index contributed by atoms with van der Waals surface area (Å²) in [6.45, 7) is 0.434. The molecule has 2 aliphatic carbocycles. The van der Waals surface area contributed by atoms with Crippen molar-refractivity contribution >= 4 is 17.3 Å². The van der Waals surface area contributed by atoms with Gasteiger partial charge in [0.05, 0.1) is 22.8 Å². The van der Waals surface area contributed by atoms with Crippen molar-refractivity contribution in [3.05, 3.63) is 75.9 Å². The van der Waals surface area contributed by atoms with Gasteiger partial charge in [-0.3, -0.25) is 9.59 Å². The Balaban J connectivity index is 0.00000336. The lowest BCUT2D eigenvalue weighted by Gasteiger charge is -2.49. The maximum atomic E-state index is 14.0. The molecule has 2 saturated heterocycles. The molecule has 0 spiro atoms. The lowest BCUT2D eigenvalue weighted by Crippen LogP contribution is -2.54. The second-order valence-corrected chi connectivity index (χ2v) is 9.87. The Morgan fingerprint density at radius 1 is 1.03 bits per heavy atom. The molecule has 0 aromatic heterocycles. The summed E-state index contributed by atoms with van der Waals surface area (Å²) in [4.78, 5) is 27.8. The fourth-order valence-electron chi connectivity index (χ4n) is 5.79. The van der Waals surface area contributed by atoms with Gasteiger partial charge >= 0.3 is 12.4 Å². The highest BCUT2D eigenvalue weighted by molar-refractivity contribution is 6.28. The lowest BCUT2D eigenvalue weighted by atomic mass is 9.77. The van der Waals surface area contributed by atoms with Crippen LogP contribution in [0.1, 0.15) is 53.3 Å². The van der Waals surface area contributed by atoms with E-state index in [-0.39, 0.29) is 30.9 Å². The van der Waals surface area contributed by atoms with Gasteiger partial charge in [-0.05, 0) is 55.0 Å². The lowest BCUT2D eigenvalue weighted by molar-refractivity contribution is -0.139. The molecule has 37 heavy (non-hydrogen) atoms. The molecule has 2 heterocycles. The molecular weight excluding hydrogens is 500 g/mol. The maximum absolute atomic E-state index is 14.0. The van der Waals surface area contributed by atoms with E-state index < -0.39 is 58.7 Å². The maximum Gasteiger partial charge on any atom is 0.417 e. The summed E-state index contributed by atoms with van der Waals surface area (Å²) in [5, 5.41) is 10.1. The van der Waals surface area contributed by atoms with Crippen molar-refractivity contribution in [3.8, 4) is 0 Å². The summed E-state index contributed by atoms with van der Waals surface area (Å²) in [5.74, 6) is -2.12. The summed E-state index contributed by atoms with van der Waals surface area (Å²) in [7, 11) is 0. The van der Waals surface area contributed by atoms with Crippen molar-refractivity contribution in [1.29, 1.82) is 0 Å². The Morgan fingerprint density at radius 2 is 1.76 bits per heavy atom. The Bertz CT molecular complexity index is 1300. The minimum absolute atomic E-state index is 0. The van der Waals surface area contributed by atoms with Crippen molar-refractivity contribution in [2.75, 3.05) is 11.4 Å². The summed E-state index contributed by atoms with van der Waals surface area (Å²) in [6, 6.07) is 6.84. The van der Waals surface area contributed by atoms with E-state index in [0.717, 1.165) is 25.0 Å². The van der Waals surface area contributed by atoms with Gasteiger partial charge in [0.1, 0.15) is 0 Å². The van der Waals surface area contributed by atoms with Crippen molar-refractivity contribution in [2.24, 2.45) is 5.92 Å². The molecule has 1 saturated carbocycles. The molecule has 4 aliphatic rings. The van der Waals surface area contributed by atoms with Gasteiger partial charge in [0.15, 0.2) is 11.6 Å². The first-order valence-electron chi connectivity index (χ1n) is 12.0.